The van der Waals surface area contributed by atoms with E-state index < -0.39 is 11.7 Å². The number of benzene rings is 2. The summed E-state index contributed by atoms with van der Waals surface area (Å²) in [4.78, 5) is 8.32. The molecule has 0 aliphatic rings. The van der Waals surface area contributed by atoms with Crippen molar-refractivity contribution < 1.29 is 13.2 Å². The lowest BCUT2D eigenvalue weighted by Crippen LogP contribution is -2.09. The average molecular weight is 317 g/mol. The largest absolute Gasteiger partial charge is 0.416 e. The second-order valence-corrected chi connectivity index (χ2v) is 5.24. The van der Waals surface area contributed by atoms with Crippen molar-refractivity contribution in [3.63, 3.8) is 0 Å². The van der Waals surface area contributed by atoms with Crippen molar-refractivity contribution in [1.29, 1.82) is 0 Å². The van der Waals surface area contributed by atoms with Gasteiger partial charge in [-0.15, -0.1) is 0 Å². The van der Waals surface area contributed by atoms with Crippen molar-refractivity contribution in [2.45, 2.75) is 19.6 Å². The van der Waals surface area contributed by atoms with Crippen molar-refractivity contribution in [3.05, 3.63) is 65.5 Å². The fourth-order valence-electron chi connectivity index (χ4n) is 2.42. The summed E-state index contributed by atoms with van der Waals surface area (Å²) < 4.78 is 38.9. The molecule has 0 bridgehead atoms. The number of para-hydroxylation sites is 1. The normalized spacial score (nSPS) is 11.7. The van der Waals surface area contributed by atoms with Gasteiger partial charge in [0.25, 0.3) is 0 Å². The Balaban J connectivity index is 1.86. The maximum absolute atomic E-state index is 13.0. The first-order chi connectivity index (χ1) is 10.9. The number of fused-ring (bicyclic) bond motifs is 1. The van der Waals surface area contributed by atoms with Gasteiger partial charge in [-0.05, 0) is 36.2 Å². The molecule has 2 aromatic carbocycles. The highest BCUT2D eigenvalue weighted by molar-refractivity contribution is 5.88. The number of nitrogens with one attached hydrogen (secondary N) is 1. The Morgan fingerprint density at radius 3 is 2.61 bits per heavy atom. The first-order valence-electron chi connectivity index (χ1n) is 7.05. The van der Waals surface area contributed by atoms with Gasteiger partial charge in [0.1, 0.15) is 12.1 Å². The Bertz CT molecular complexity index is 839. The summed E-state index contributed by atoms with van der Waals surface area (Å²) in [7, 11) is 0. The van der Waals surface area contributed by atoms with Crippen LogP contribution in [0.25, 0.3) is 10.9 Å². The van der Waals surface area contributed by atoms with Crippen LogP contribution in [0.5, 0.6) is 0 Å². The van der Waals surface area contributed by atoms with Gasteiger partial charge in [-0.3, -0.25) is 0 Å². The van der Waals surface area contributed by atoms with E-state index in [-0.39, 0.29) is 12.1 Å². The summed E-state index contributed by atoms with van der Waals surface area (Å²) in [6, 6.07) is 11.8. The summed E-state index contributed by atoms with van der Waals surface area (Å²) in [6.07, 6.45) is -2.91. The zero-order valence-electron chi connectivity index (χ0n) is 12.4. The van der Waals surface area contributed by atoms with Gasteiger partial charge in [0.05, 0.1) is 11.1 Å². The molecule has 0 aliphatic heterocycles. The molecule has 6 heteroatoms. The third kappa shape index (κ3) is 3.26. The second kappa shape index (κ2) is 5.87. The predicted octanol–water partition coefficient (Wildman–Crippen LogP) is 4.57. The highest BCUT2D eigenvalue weighted by Crippen LogP contribution is 2.32. The SMILES string of the molecule is Cc1ccc(CNc2ncnc3ccccc23)cc1C(F)(F)F. The van der Waals surface area contributed by atoms with Crippen LogP contribution >= 0.6 is 0 Å². The molecule has 3 rings (SSSR count). The van der Waals surface area contributed by atoms with E-state index in [1.54, 1.807) is 6.07 Å². The van der Waals surface area contributed by atoms with E-state index in [0.717, 1.165) is 10.9 Å². The Labute approximate surface area is 131 Å². The smallest absolute Gasteiger partial charge is 0.365 e. The Morgan fingerprint density at radius 2 is 1.83 bits per heavy atom. The number of anilines is 1. The van der Waals surface area contributed by atoms with Gasteiger partial charge in [-0.2, -0.15) is 13.2 Å². The van der Waals surface area contributed by atoms with E-state index in [1.165, 1.54) is 25.4 Å². The monoisotopic (exact) mass is 317 g/mol. The number of aromatic nitrogens is 2. The van der Waals surface area contributed by atoms with Crippen LogP contribution in [0, 0.1) is 6.92 Å². The van der Waals surface area contributed by atoms with Gasteiger partial charge in [-0.1, -0.05) is 24.3 Å². The third-order valence-electron chi connectivity index (χ3n) is 3.61. The minimum absolute atomic E-state index is 0.216. The number of aryl methyl sites for hydroxylation is 1. The lowest BCUT2D eigenvalue weighted by Gasteiger charge is -2.13. The van der Waals surface area contributed by atoms with E-state index in [1.807, 2.05) is 24.3 Å². The molecule has 1 aromatic heterocycles. The van der Waals surface area contributed by atoms with E-state index in [4.69, 9.17) is 0 Å². The number of hydrogen-bond donors (Lipinski definition) is 1. The van der Waals surface area contributed by atoms with Gasteiger partial charge in [0.15, 0.2) is 0 Å². The predicted molar refractivity (Wildman–Crippen MR) is 83.0 cm³/mol. The Hall–Kier alpha value is -2.63. The summed E-state index contributed by atoms with van der Waals surface area (Å²) in [6.45, 7) is 1.71. The average Bonchev–Trinajstić information content (AvgIpc) is 2.53. The van der Waals surface area contributed by atoms with Gasteiger partial charge < -0.3 is 5.32 Å². The van der Waals surface area contributed by atoms with Crippen LogP contribution in [0.3, 0.4) is 0 Å². The van der Waals surface area contributed by atoms with E-state index in [2.05, 4.69) is 15.3 Å². The van der Waals surface area contributed by atoms with Crippen molar-refractivity contribution in [2.75, 3.05) is 5.32 Å². The maximum atomic E-state index is 13.0. The fraction of sp³-hybridized carbons (Fsp3) is 0.176. The van der Waals surface area contributed by atoms with Crippen LogP contribution in [0.4, 0.5) is 19.0 Å². The minimum atomic E-state index is -4.35. The second-order valence-electron chi connectivity index (χ2n) is 5.24. The van der Waals surface area contributed by atoms with Crippen molar-refractivity contribution >= 4 is 16.7 Å². The van der Waals surface area contributed by atoms with Crippen LogP contribution in [0.1, 0.15) is 16.7 Å². The molecule has 23 heavy (non-hydrogen) atoms. The molecule has 0 spiro atoms. The molecule has 118 valence electrons. The van der Waals surface area contributed by atoms with E-state index in [0.29, 0.717) is 11.4 Å². The number of rotatable bonds is 3. The highest BCUT2D eigenvalue weighted by atomic mass is 19.4. The molecule has 3 aromatic rings. The first kappa shape index (κ1) is 15.3. The topological polar surface area (TPSA) is 37.8 Å². The highest BCUT2D eigenvalue weighted by Gasteiger charge is 2.32. The van der Waals surface area contributed by atoms with E-state index >= 15 is 0 Å². The first-order valence-corrected chi connectivity index (χ1v) is 7.05. The van der Waals surface area contributed by atoms with Crippen molar-refractivity contribution in [3.8, 4) is 0 Å². The van der Waals surface area contributed by atoms with Gasteiger partial charge in [-0.25, -0.2) is 9.97 Å². The number of nitrogens with zero attached hydrogens (tertiary/aromatic N) is 2. The molecule has 0 saturated carbocycles. The molecular formula is C17H14F3N3. The number of hydrogen-bond acceptors (Lipinski definition) is 3. The lowest BCUT2D eigenvalue weighted by atomic mass is 10.0. The van der Waals surface area contributed by atoms with Gasteiger partial charge in [0, 0.05) is 11.9 Å². The molecule has 1 N–H and O–H groups in total. The number of halogens is 3. The molecule has 0 fully saturated rings. The maximum Gasteiger partial charge on any atom is 0.416 e. The van der Waals surface area contributed by atoms with Crippen molar-refractivity contribution in [2.24, 2.45) is 0 Å². The zero-order valence-corrected chi connectivity index (χ0v) is 12.4. The quantitative estimate of drug-likeness (QED) is 0.769. The summed E-state index contributed by atoms with van der Waals surface area (Å²) >= 11 is 0. The molecule has 0 aliphatic carbocycles. The fourth-order valence-corrected chi connectivity index (χ4v) is 2.42. The van der Waals surface area contributed by atoms with Crippen LogP contribution in [-0.2, 0) is 12.7 Å². The standard InChI is InChI=1S/C17H14F3N3/c1-11-6-7-12(8-14(11)17(18,19)20)9-21-16-13-4-2-3-5-15(13)22-10-23-16/h2-8,10H,9H2,1H3,(H,21,22,23). The van der Waals surface area contributed by atoms with Crippen molar-refractivity contribution in [1.82, 2.24) is 9.97 Å². The molecule has 0 radical (unpaired) electrons. The zero-order chi connectivity index (χ0) is 16.4. The minimum Gasteiger partial charge on any atom is -0.365 e. The molecule has 0 unspecified atom stereocenters. The Kier molecular flexibility index (Phi) is 3.90. The molecule has 1 heterocycles. The Morgan fingerprint density at radius 1 is 1.04 bits per heavy atom. The molecule has 0 amide bonds. The third-order valence-corrected chi connectivity index (χ3v) is 3.61. The van der Waals surface area contributed by atoms with Crippen LogP contribution < -0.4 is 5.32 Å². The van der Waals surface area contributed by atoms with Crippen LogP contribution in [0.2, 0.25) is 0 Å². The molecule has 3 nitrogen and oxygen atoms in total. The van der Waals surface area contributed by atoms with Gasteiger partial charge in [0.2, 0.25) is 0 Å². The summed E-state index contributed by atoms with van der Waals surface area (Å²) in [5.74, 6) is 0.602. The number of alkyl halides is 3. The lowest BCUT2D eigenvalue weighted by molar-refractivity contribution is -0.138. The van der Waals surface area contributed by atoms with Gasteiger partial charge >= 0.3 is 6.18 Å². The summed E-state index contributed by atoms with van der Waals surface area (Å²) in [5, 5.41) is 3.92. The molecule has 0 atom stereocenters. The molecular weight excluding hydrogens is 303 g/mol. The summed E-state index contributed by atoms with van der Waals surface area (Å²) in [5.41, 5.74) is 0.939. The van der Waals surface area contributed by atoms with E-state index in [9.17, 15) is 13.2 Å². The van der Waals surface area contributed by atoms with Crippen LogP contribution in [-0.4, -0.2) is 9.97 Å². The molecule has 0 saturated heterocycles. The van der Waals surface area contributed by atoms with Crippen LogP contribution in [0.15, 0.2) is 48.8 Å².